The number of carbonyl (C=O) groups is 1. The molecule has 0 saturated heterocycles. The van der Waals surface area contributed by atoms with E-state index in [4.69, 9.17) is 16.3 Å². The van der Waals surface area contributed by atoms with Gasteiger partial charge in [0.2, 0.25) is 5.78 Å². The molecule has 1 atom stereocenters. The number of ketones is 1. The van der Waals surface area contributed by atoms with Crippen LogP contribution in [0.3, 0.4) is 0 Å². The molecular weight excluding hydrogens is 267 g/mol. The van der Waals surface area contributed by atoms with Crippen molar-refractivity contribution in [3.8, 4) is 5.75 Å². The third kappa shape index (κ3) is 3.55. The van der Waals surface area contributed by atoms with Crippen molar-refractivity contribution in [3.05, 3.63) is 64.9 Å². The normalized spacial score (nSPS) is 11.9. The van der Waals surface area contributed by atoms with Gasteiger partial charge >= 0.3 is 0 Å². The first-order valence-corrected chi connectivity index (χ1v) is 6.16. The molecule has 0 N–H and O–H groups in total. The lowest BCUT2D eigenvalue weighted by atomic mass is 10.1. The van der Waals surface area contributed by atoms with Gasteiger partial charge < -0.3 is 4.74 Å². The molecule has 0 amide bonds. The predicted molar refractivity (Wildman–Crippen MR) is 72.3 cm³/mol. The molecule has 0 aliphatic heterocycles. The SMILES string of the molecule is C[C@H](Oc1cccc(F)c1)C(=O)c1ccc(Cl)cc1. The quantitative estimate of drug-likeness (QED) is 0.786. The molecule has 2 nitrogen and oxygen atoms in total. The number of carbonyl (C=O) groups excluding carboxylic acids is 1. The van der Waals surface area contributed by atoms with E-state index in [1.165, 1.54) is 18.2 Å². The maximum absolute atomic E-state index is 13.0. The van der Waals surface area contributed by atoms with Crippen LogP contribution in [-0.2, 0) is 0 Å². The summed E-state index contributed by atoms with van der Waals surface area (Å²) in [5.41, 5.74) is 0.508. The van der Waals surface area contributed by atoms with E-state index in [0.717, 1.165) is 0 Å². The molecular formula is C15H12ClFO2. The number of hydrogen-bond donors (Lipinski definition) is 0. The van der Waals surface area contributed by atoms with Crippen molar-refractivity contribution in [2.45, 2.75) is 13.0 Å². The third-order valence-electron chi connectivity index (χ3n) is 2.61. The van der Waals surface area contributed by atoms with Gasteiger partial charge in [-0.15, -0.1) is 0 Å². The van der Waals surface area contributed by atoms with E-state index in [2.05, 4.69) is 0 Å². The van der Waals surface area contributed by atoms with Crippen molar-refractivity contribution in [2.24, 2.45) is 0 Å². The minimum Gasteiger partial charge on any atom is -0.482 e. The third-order valence-corrected chi connectivity index (χ3v) is 2.86. The van der Waals surface area contributed by atoms with Crippen LogP contribution in [0.15, 0.2) is 48.5 Å². The number of ether oxygens (including phenoxy) is 1. The molecule has 4 heteroatoms. The molecule has 0 saturated carbocycles. The standard InChI is InChI=1S/C15H12ClFO2/c1-10(19-14-4-2-3-13(17)9-14)15(18)11-5-7-12(16)8-6-11/h2-10H,1H3/t10-/m0/s1. The molecule has 0 spiro atoms. The Bertz CT molecular complexity index is 581. The highest BCUT2D eigenvalue weighted by atomic mass is 35.5. The lowest BCUT2D eigenvalue weighted by Gasteiger charge is -2.13. The van der Waals surface area contributed by atoms with E-state index in [0.29, 0.717) is 16.3 Å². The highest BCUT2D eigenvalue weighted by molar-refractivity contribution is 6.30. The summed E-state index contributed by atoms with van der Waals surface area (Å²) in [4.78, 5) is 12.1. The Morgan fingerprint density at radius 1 is 1.21 bits per heavy atom. The number of Topliss-reactive ketones (excluding diaryl/α,β-unsaturated/α-hetero) is 1. The highest BCUT2D eigenvalue weighted by Crippen LogP contribution is 2.17. The summed E-state index contributed by atoms with van der Waals surface area (Å²) in [6, 6.07) is 12.3. The lowest BCUT2D eigenvalue weighted by molar-refractivity contribution is 0.0817. The first-order valence-electron chi connectivity index (χ1n) is 5.78. The molecule has 0 unspecified atom stereocenters. The van der Waals surface area contributed by atoms with E-state index in [1.54, 1.807) is 37.3 Å². The first-order chi connectivity index (χ1) is 9.06. The molecule has 0 aliphatic carbocycles. The topological polar surface area (TPSA) is 26.3 Å². The zero-order valence-electron chi connectivity index (χ0n) is 10.3. The van der Waals surface area contributed by atoms with Crippen LogP contribution in [0.1, 0.15) is 17.3 Å². The zero-order chi connectivity index (χ0) is 13.8. The highest BCUT2D eigenvalue weighted by Gasteiger charge is 2.16. The van der Waals surface area contributed by atoms with Crippen LogP contribution < -0.4 is 4.74 Å². The summed E-state index contributed by atoms with van der Waals surface area (Å²) in [6.45, 7) is 1.63. The summed E-state index contributed by atoms with van der Waals surface area (Å²) >= 11 is 5.76. The molecule has 2 aromatic carbocycles. The van der Waals surface area contributed by atoms with Crippen LogP contribution in [-0.4, -0.2) is 11.9 Å². The van der Waals surface area contributed by atoms with Crippen molar-refractivity contribution in [3.63, 3.8) is 0 Å². The fraction of sp³-hybridized carbons (Fsp3) is 0.133. The molecule has 0 heterocycles. The van der Waals surface area contributed by atoms with Crippen LogP contribution >= 0.6 is 11.6 Å². The summed E-state index contributed by atoms with van der Waals surface area (Å²) in [7, 11) is 0. The van der Waals surface area contributed by atoms with Gasteiger partial charge in [-0.25, -0.2) is 4.39 Å². The molecule has 19 heavy (non-hydrogen) atoms. The van der Waals surface area contributed by atoms with Crippen molar-refractivity contribution >= 4 is 17.4 Å². The fourth-order valence-electron chi connectivity index (χ4n) is 1.65. The summed E-state index contributed by atoms with van der Waals surface area (Å²) in [5, 5.41) is 0.565. The van der Waals surface area contributed by atoms with Crippen molar-refractivity contribution in [1.82, 2.24) is 0 Å². The van der Waals surface area contributed by atoms with Crippen molar-refractivity contribution < 1.29 is 13.9 Å². The van der Waals surface area contributed by atoms with Crippen LogP contribution in [0.5, 0.6) is 5.75 Å². The van der Waals surface area contributed by atoms with Gasteiger partial charge in [-0.1, -0.05) is 17.7 Å². The van der Waals surface area contributed by atoms with Gasteiger partial charge in [0.1, 0.15) is 11.6 Å². The lowest BCUT2D eigenvalue weighted by Crippen LogP contribution is -2.23. The van der Waals surface area contributed by atoms with Gasteiger partial charge in [-0.05, 0) is 43.3 Å². The zero-order valence-corrected chi connectivity index (χ0v) is 11.0. The van der Waals surface area contributed by atoms with E-state index in [1.807, 2.05) is 0 Å². The Labute approximate surface area is 115 Å². The minimum atomic E-state index is -0.692. The second kappa shape index (κ2) is 5.85. The Hall–Kier alpha value is -1.87. The Balaban J connectivity index is 2.09. The molecule has 2 rings (SSSR count). The van der Waals surface area contributed by atoms with Crippen LogP contribution in [0.25, 0.3) is 0 Å². The Morgan fingerprint density at radius 3 is 2.53 bits per heavy atom. The van der Waals surface area contributed by atoms with Gasteiger partial charge in [-0.2, -0.15) is 0 Å². The predicted octanol–water partition coefficient (Wildman–Crippen LogP) is 4.13. The molecule has 0 fully saturated rings. The van der Waals surface area contributed by atoms with Gasteiger partial charge in [0.15, 0.2) is 6.10 Å². The van der Waals surface area contributed by atoms with Gasteiger partial charge in [0.25, 0.3) is 0 Å². The molecule has 2 aromatic rings. The van der Waals surface area contributed by atoms with Gasteiger partial charge in [0.05, 0.1) is 0 Å². The number of benzene rings is 2. The number of rotatable bonds is 4. The number of halogens is 2. The second-order valence-electron chi connectivity index (χ2n) is 4.09. The summed E-state index contributed by atoms with van der Waals surface area (Å²) in [6.07, 6.45) is -0.692. The fourth-order valence-corrected chi connectivity index (χ4v) is 1.77. The van der Waals surface area contributed by atoms with Gasteiger partial charge in [-0.3, -0.25) is 4.79 Å². The van der Waals surface area contributed by atoms with Crippen LogP contribution in [0.2, 0.25) is 5.02 Å². The average molecular weight is 279 g/mol. The first kappa shape index (κ1) is 13.6. The second-order valence-corrected chi connectivity index (χ2v) is 4.53. The monoisotopic (exact) mass is 278 g/mol. The Morgan fingerprint density at radius 2 is 1.89 bits per heavy atom. The molecule has 0 aliphatic rings. The molecule has 0 aromatic heterocycles. The summed E-state index contributed by atoms with van der Waals surface area (Å²) < 4.78 is 18.4. The van der Waals surface area contributed by atoms with Gasteiger partial charge in [0, 0.05) is 16.7 Å². The smallest absolute Gasteiger partial charge is 0.202 e. The van der Waals surface area contributed by atoms with Crippen molar-refractivity contribution in [2.75, 3.05) is 0 Å². The van der Waals surface area contributed by atoms with E-state index < -0.39 is 11.9 Å². The van der Waals surface area contributed by atoms with E-state index in [-0.39, 0.29) is 5.78 Å². The van der Waals surface area contributed by atoms with Crippen molar-refractivity contribution in [1.29, 1.82) is 0 Å². The van der Waals surface area contributed by atoms with E-state index in [9.17, 15) is 9.18 Å². The van der Waals surface area contributed by atoms with Crippen LogP contribution in [0, 0.1) is 5.82 Å². The number of hydrogen-bond acceptors (Lipinski definition) is 2. The average Bonchev–Trinajstić information content (AvgIpc) is 2.39. The van der Waals surface area contributed by atoms with Crippen LogP contribution in [0.4, 0.5) is 4.39 Å². The van der Waals surface area contributed by atoms with E-state index >= 15 is 0 Å². The molecule has 0 bridgehead atoms. The maximum Gasteiger partial charge on any atom is 0.202 e. The largest absolute Gasteiger partial charge is 0.482 e. The molecule has 98 valence electrons. The molecule has 0 radical (unpaired) electrons. The summed E-state index contributed by atoms with van der Waals surface area (Å²) in [5.74, 6) is -0.251. The minimum absolute atomic E-state index is 0.180. The maximum atomic E-state index is 13.0. The Kier molecular flexibility index (Phi) is 4.17.